The molecule has 0 radical (unpaired) electrons. The second-order valence-corrected chi connectivity index (χ2v) is 6.08. The summed E-state index contributed by atoms with van der Waals surface area (Å²) >= 11 is 0. The fourth-order valence-corrected chi connectivity index (χ4v) is 3.27. The number of nitrogens with one attached hydrogen (secondary N) is 1. The minimum absolute atomic E-state index is 0.200. The highest BCUT2D eigenvalue weighted by Crippen LogP contribution is 2.35. The van der Waals surface area contributed by atoms with Gasteiger partial charge in [-0.3, -0.25) is 4.40 Å². The van der Waals surface area contributed by atoms with Gasteiger partial charge in [0.15, 0.2) is 17.3 Å². The van der Waals surface area contributed by atoms with E-state index in [2.05, 4.69) is 19.9 Å². The molecule has 0 saturated carbocycles. The summed E-state index contributed by atoms with van der Waals surface area (Å²) in [5, 5.41) is 0. The van der Waals surface area contributed by atoms with Crippen LogP contribution in [0.5, 0.6) is 0 Å². The zero-order valence-electron chi connectivity index (χ0n) is 13.8. The monoisotopic (exact) mass is 362 g/mol. The molecule has 3 heterocycles. The topological polar surface area (TPSA) is 84.9 Å². The lowest BCUT2D eigenvalue weighted by Gasteiger charge is -2.14. The number of nitrogens with two attached hydrogens (primary N) is 1. The van der Waals surface area contributed by atoms with Gasteiger partial charge in [-0.05, 0) is 24.3 Å². The molecule has 0 atom stereocenters. The number of rotatable bonds is 2. The van der Waals surface area contributed by atoms with Crippen LogP contribution in [-0.4, -0.2) is 24.3 Å². The maximum atomic E-state index is 14.6. The maximum absolute atomic E-state index is 14.6. The number of halogens is 2. The minimum atomic E-state index is -0.473. The predicted octanol–water partition coefficient (Wildman–Crippen LogP) is 3.80. The molecule has 0 aliphatic heterocycles. The van der Waals surface area contributed by atoms with Gasteiger partial charge in [0, 0.05) is 23.5 Å². The Morgan fingerprint density at radius 1 is 1.04 bits per heavy atom. The number of fused-ring (bicyclic) bond motifs is 2. The third kappa shape index (κ3) is 2.34. The number of nitrogen functional groups attached to an aromatic ring is 1. The molecule has 0 unspecified atom stereocenters. The lowest BCUT2D eigenvalue weighted by Crippen LogP contribution is -2.04. The lowest BCUT2D eigenvalue weighted by molar-refractivity contribution is 0.628. The molecule has 0 aliphatic rings. The van der Waals surface area contributed by atoms with E-state index in [1.165, 1.54) is 24.5 Å². The van der Waals surface area contributed by atoms with Crippen LogP contribution < -0.4 is 5.73 Å². The van der Waals surface area contributed by atoms with Crippen molar-refractivity contribution >= 4 is 22.5 Å². The number of imidazole rings is 2. The Morgan fingerprint density at radius 2 is 1.93 bits per heavy atom. The summed E-state index contributed by atoms with van der Waals surface area (Å²) in [6.45, 7) is 0. The average molecular weight is 362 g/mol. The largest absolute Gasteiger partial charge is 0.381 e. The molecule has 132 valence electrons. The molecule has 0 spiro atoms. The molecule has 8 heteroatoms. The van der Waals surface area contributed by atoms with Crippen molar-refractivity contribution in [1.82, 2.24) is 24.3 Å². The molecule has 0 amide bonds. The summed E-state index contributed by atoms with van der Waals surface area (Å²) in [7, 11) is 0. The first-order chi connectivity index (χ1) is 13.1. The van der Waals surface area contributed by atoms with Gasteiger partial charge >= 0.3 is 0 Å². The van der Waals surface area contributed by atoms with Crippen molar-refractivity contribution in [3.05, 3.63) is 66.8 Å². The number of H-pyrrole nitrogens is 1. The van der Waals surface area contributed by atoms with Crippen LogP contribution in [0.25, 0.3) is 39.2 Å². The van der Waals surface area contributed by atoms with Gasteiger partial charge in [0.1, 0.15) is 11.3 Å². The molecule has 5 aromatic rings. The van der Waals surface area contributed by atoms with Crippen LogP contribution >= 0.6 is 0 Å². The molecule has 27 heavy (non-hydrogen) atoms. The molecule has 2 aromatic carbocycles. The third-order valence-corrected chi connectivity index (χ3v) is 4.42. The highest BCUT2D eigenvalue weighted by Gasteiger charge is 2.19. The summed E-state index contributed by atoms with van der Waals surface area (Å²) in [5.41, 5.74) is 9.32. The van der Waals surface area contributed by atoms with Gasteiger partial charge in [-0.1, -0.05) is 12.1 Å². The van der Waals surface area contributed by atoms with Gasteiger partial charge in [0.25, 0.3) is 0 Å². The van der Waals surface area contributed by atoms with Gasteiger partial charge in [-0.15, -0.1) is 0 Å². The van der Waals surface area contributed by atoms with E-state index in [0.29, 0.717) is 33.7 Å². The van der Waals surface area contributed by atoms with Gasteiger partial charge in [0.05, 0.1) is 23.2 Å². The first-order valence-corrected chi connectivity index (χ1v) is 8.13. The molecule has 3 N–H and O–H groups in total. The van der Waals surface area contributed by atoms with Crippen LogP contribution in [0, 0.1) is 11.6 Å². The normalized spacial score (nSPS) is 11.5. The Kier molecular flexibility index (Phi) is 3.20. The Morgan fingerprint density at radius 3 is 2.78 bits per heavy atom. The fourth-order valence-electron chi connectivity index (χ4n) is 3.27. The van der Waals surface area contributed by atoms with Crippen LogP contribution in [0.3, 0.4) is 0 Å². The Balaban J connectivity index is 1.90. The SMILES string of the molecule is Nc1nc(-c2cccc(F)c2)c(-c2cc(F)c3nc[nH]c3c2)n2ccnc12. The molecular formula is C19H12F2N6. The number of aromatic nitrogens is 5. The molecule has 0 fully saturated rings. The van der Waals surface area contributed by atoms with E-state index in [1.807, 2.05) is 0 Å². The first-order valence-electron chi connectivity index (χ1n) is 8.13. The van der Waals surface area contributed by atoms with E-state index in [9.17, 15) is 8.78 Å². The molecule has 0 bridgehead atoms. The van der Waals surface area contributed by atoms with E-state index in [4.69, 9.17) is 5.73 Å². The third-order valence-electron chi connectivity index (χ3n) is 4.42. The number of aromatic amines is 1. The zero-order chi connectivity index (χ0) is 18.5. The Hall–Kier alpha value is -3.81. The smallest absolute Gasteiger partial charge is 0.180 e. The van der Waals surface area contributed by atoms with Crippen molar-refractivity contribution in [3.8, 4) is 22.5 Å². The first kappa shape index (κ1) is 15.4. The highest BCUT2D eigenvalue weighted by molar-refractivity contribution is 5.88. The molecule has 0 aliphatic carbocycles. The van der Waals surface area contributed by atoms with Crippen LogP contribution in [0.2, 0.25) is 0 Å². The van der Waals surface area contributed by atoms with Crippen molar-refractivity contribution in [2.75, 3.05) is 5.73 Å². The maximum Gasteiger partial charge on any atom is 0.180 e. The van der Waals surface area contributed by atoms with E-state index in [1.54, 1.807) is 35.0 Å². The second kappa shape index (κ2) is 5.60. The number of hydrogen-bond donors (Lipinski definition) is 2. The van der Waals surface area contributed by atoms with Gasteiger partial charge in [0.2, 0.25) is 0 Å². The summed E-state index contributed by atoms with van der Waals surface area (Å²) in [4.78, 5) is 15.5. The molecule has 5 rings (SSSR count). The summed E-state index contributed by atoms with van der Waals surface area (Å²) in [6.07, 6.45) is 4.72. The fraction of sp³-hybridized carbons (Fsp3) is 0. The van der Waals surface area contributed by atoms with Crippen LogP contribution in [0.1, 0.15) is 0 Å². The average Bonchev–Trinajstić information content (AvgIpc) is 3.31. The quantitative estimate of drug-likeness (QED) is 0.500. The summed E-state index contributed by atoms with van der Waals surface area (Å²) in [5.74, 6) is -0.676. The minimum Gasteiger partial charge on any atom is -0.381 e. The van der Waals surface area contributed by atoms with E-state index in [-0.39, 0.29) is 11.3 Å². The number of hydrogen-bond acceptors (Lipinski definition) is 4. The van der Waals surface area contributed by atoms with E-state index < -0.39 is 11.6 Å². The van der Waals surface area contributed by atoms with Crippen molar-refractivity contribution in [3.63, 3.8) is 0 Å². The Bertz CT molecular complexity index is 1320. The summed E-state index contributed by atoms with van der Waals surface area (Å²) in [6, 6.07) is 9.16. The highest BCUT2D eigenvalue weighted by atomic mass is 19.1. The van der Waals surface area contributed by atoms with Crippen molar-refractivity contribution in [2.24, 2.45) is 0 Å². The number of anilines is 1. The molecular weight excluding hydrogens is 350 g/mol. The van der Waals surface area contributed by atoms with Crippen molar-refractivity contribution in [2.45, 2.75) is 0 Å². The lowest BCUT2D eigenvalue weighted by atomic mass is 10.0. The molecule has 3 aromatic heterocycles. The van der Waals surface area contributed by atoms with Gasteiger partial charge in [-0.25, -0.2) is 23.7 Å². The Labute approximate surface area is 151 Å². The van der Waals surface area contributed by atoms with Gasteiger partial charge in [-0.2, -0.15) is 0 Å². The predicted molar refractivity (Wildman–Crippen MR) is 97.8 cm³/mol. The van der Waals surface area contributed by atoms with Crippen LogP contribution in [0.4, 0.5) is 14.6 Å². The summed E-state index contributed by atoms with van der Waals surface area (Å²) < 4.78 is 30.1. The van der Waals surface area contributed by atoms with Crippen LogP contribution in [0.15, 0.2) is 55.1 Å². The molecule has 0 saturated heterocycles. The van der Waals surface area contributed by atoms with Gasteiger partial charge < -0.3 is 10.7 Å². The number of nitrogens with zero attached hydrogens (tertiary/aromatic N) is 4. The number of benzene rings is 2. The zero-order valence-corrected chi connectivity index (χ0v) is 13.8. The van der Waals surface area contributed by atoms with Crippen molar-refractivity contribution in [1.29, 1.82) is 0 Å². The standard InChI is InChI=1S/C19H12F2N6/c20-12-3-1-2-10(6-12)15-17(27-5-4-23-19(27)18(22)26-15)11-7-13(21)16-14(8-11)24-9-25-16/h1-9H,(H2,22,26)(H,24,25). The second-order valence-electron chi connectivity index (χ2n) is 6.08. The van der Waals surface area contributed by atoms with Crippen LogP contribution in [-0.2, 0) is 0 Å². The molecule has 6 nitrogen and oxygen atoms in total. The van der Waals surface area contributed by atoms with Crippen molar-refractivity contribution < 1.29 is 8.78 Å². The van der Waals surface area contributed by atoms with E-state index in [0.717, 1.165) is 0 Å². The van der Waals surface area contributed by atoms with E-state index >= 15 is 0 Å².